The molecule has 3 nitrogen and oxygen atoms in total. The molecule has 1 amide bonds. The predicted molar refractivity (Wildman–Crippen MR) is 94.8 cm³/mol. The molecule has 120 valence electrons. The first-order valence-electron chi connectivity index (χ1n) is 7.57. The van der Waals surface area contributed by atoms with E-state index in [0.717, 1.165) is 29.4 Å². The molecule has 0 spiro atoms. The summed E-state index contributed by atoms with van der Waals surface area (Å²) in [6, 6.07) is 15.3. The lowest BCUT2D eigenvalue weighted by Gasteiger charge is -2.25. The van der Waals surface area contributed by atoms with Crippen LogP contribution < -0.4 is 4.74 Å². The highest BCUT2D eigenvalue weighted by molar-refractivity contribution is 9.10. The maximum atomic E-state index is 12.5. The number of carbonyl (C=O) groups excluding carboxylic acids is 1. The first kappa shape index (κ1) is 16.3. The minimum atomic E-state index is 0.0189. The van der Waals surface area contributed by atoms with E-state index in [2.05, 4.69) is 15.9 Å². The fraction of sp³-hybridized carbons (Fsp3) is 0.278. The second kappa shape index (κ2) is 7.37. The normalized spacial score (nSPS) is 17.3. The fourth-order valence-electron chi connectivity index (χ4n) is 2.86. The van der Waals surface area contributed by atoms with Crippen LogP contribution in [0.25, 0.3) is 0 Å². The van der Waals surface area contributed by atoms with Crippen LogP contribution in [0.5, 0.6) is 5.75 Å². The quantitative estimate of drug-likeness (QED) is 0.742. The van der Waals surface area contributed by atoms with Gasteiger partial charge in [-0.05, 0) is 54.8 Å². The van der Waals surface area contributed by atoms with E-state index in [4.69, 9.17) is 16.3 Å². The summed E-state index contributed by atoms with van der Waals surface area (Å²) in [7, 11) is 0. The number of likely N-dealkylation sites (tertiary alicyclic amines) is 1. The van der Waals surface area contributed by atoms with Gasteiger partial charge in [-0.2, -0.15) is 0 Å². The number of benzene rings is 2. The lowest BCUT2D eigenvalue weighted by Crippen LogP contribution is -2.34. The van der Waals surface area contributed by atoms with E-state index in [1.165, 1.54) is 0 Å². The summed E-state index contributed by atoms with van der Waals surface area (Å²) in [5, 5.41) is 0.711. The lowest BCUT2D eigenvalue weighted by atomic mass is 10.0. The number of hydrogen-bond acceptors (Lipinski definition) is 2. The van der Waals surface area contributed by atoms with Gasteiger partial charge < -0.3 is 9.64 Å². The van der Waals surface area contributed by atoms with Gasteiger partial charge in [0.1, 0.15) is 5.75 Å². The topological polar surface area (TPSA) is 29.5 Å². The monoisotopic (exact) mass is 393 g/mol. The van der Waals surface area contributed by atoms with Crippen molar-refractivity contribution in [3.05, 3.63) is 63.6 Å². The van der Waals surface area contributed by atoms with Crippen molar-refractivity contribution in [2.75, 3.05) is 13.2 Å². The molecule has 1 fully saturated rings. The van der Waals surface area contributed by atoms with Gasteiger partial charge in [0, 0.05) is 16.0 Å². The van der Waals surface area contributed by atoms with Crippen LogP contribution in [0.4, 0.5) is 0 Å². The van der Waals surface area contributed by atoms with Crippen molar-refractivity contribution in [3.8, 4) is 5.75 Å². The zero-order chi connectivity index (χ0) is 16.2. The van der Waals surface area contributed by atoms with Crippen LogP contribution in [-0.4, -0.2) is 24.0 Å². The molecule has 1 aliphatic rings. The molecule has 2 aromatic rings. The molecule has 1 aliphatic heterocycles. The zero-order valence-electron chi connectivity index (χ0n) is 12.5. The molecule has 1 heterocycles. The van der Waals surface area contributed by atoms with Crippen molar-refractivity contribution in [1.82, 2.24) is 4.90 Å². The highest BCUT2D eigenvalue weighted by atomic mass is 79.9. The lowest BCUT2D eigenvalue weighted by molar-refractivity contribution is -0.134. The van der Waals surface area contributed by atoms with Crippen LogP contribution in [0.2, 0.25) is 5.02 Å². The van der Waals surface area contributed by atoms with Crippen molar-refractivity contribution >= 4 is 33.4 Å². The first-order valence-corrected chi connectivity index (χ1v) is 8.74. The Morgan fingerprint density at radius 1 is 1.17 bits per heavy atom. The Morgan fingerprint density at radius 3 is 2.57 bits per heavy atom. The maximum absolute atomic E-state index is 12.5. The summed E-state index contributed by atoms with van der Waals surface area (Å²) in [6.45, 7) is 0.835. The second-order valence-electron chi connectivity index (χ2n) is 5.54. The molecule has 0 aromatic heterocycles. The molecule has 2 aromatic carbocycles. The summed E-state index contributed by atoms with van der Waals surface area (Å²) in [6.07, 6.45) is 1.99. The highest BCUT2D eigenvalue weighted by Gasteiger charge is 2.29. The number of nitrogens with zero attached hydrogens (tertiary/aromatic N) is 1. The number of halogens is 2. The number of ether oxygens (including phenoxy) is 1. The Morgan fingerprint density at radius 2 is 1.87 bits per heavy atom. The van der Waals surface area contributed by atoms with Crippen molar-refractivity contribution in [3.63, 3.8) is 0 Å². The molecule has 0 unspecified atom stereocenters. The molecule has 5 heteroatoms. The van der Waals surface area contributed by atoms with Crippen LogP contribution in [0, 0.1) is 0 Å². The van der Waals surface area contributed by atoms with Crippen molar-refractivity contribution < 1.29 is 9.53 Å². The third-order valence-corrected chi connectivity index (χ3v) is 4.78. The van der Waals surface area contributed by atoms with Crippen LogP contribution in [0.1, 0.15) is 24.4 Å². The van der Waals surface area contributed by atoms with Gasteiger partial charge in [-0.25, -0.2) is 0 Å². The Kier molecular flexibility index (Phi) is 5.23. The minimum absolute atomic E-state index is 0.0189. The third kappa shape index (κ3) is 4.06. The number of amides is 1. The van der Waals surface area contributed by atoms with E-state index in [1.807, 2.05) is 53.4 Å². The van der Waals surface area contributed by atoms with E-state index in [1.54, 1.807) is 0 Å². The molecule has 0 N–H and O–H groups in total. The molecule has 3 rings (SSSR count). The number of rotatable bonds is 4. The van der Waals surface area contributed by atoms with E-state index >= 15 is 0 Å². The molecule has 0 bridgehead atoms. The SMILES string of the molecule is O=C(COc1ccc(Br)cc1)N1CCC[C@@H]1c1ccc(Cl)cc1. The summed E-state index contributed by atoms with van der Waals surface area (Å²) in [4.78, 5) is 14.4. The predicted octanol–water partition coefficient (Wildman–Crippen LogP) is 4.85. The number of hydrogen-bond donors (Lipinski definition) is 0. The molecule has 1 atom stereocenters. The second-order valence-corrected chi connectivity index (χ2v) is 6.89. The Bertz CT molecular complexity index is 672. The summed E-state index contributed by atoms with van der Waals surface area (Å²) < 4.78 is 6.59. The highest BCUT2D eigenvalue weighted by Crippen LogP contribution is 2.32. The van der Waals surface area contributed by atoms with Gasteiger partial charge in [0.25, 0.3) is 5.91 Å². The van der Waals surface area contributed by atoms with Gasteiger partial charge in [-0.3, -0.25) is 4.79 Å². The summed E-state index contributed by atoms with van der Waals surface area (Å²) in [5.41, 5.74) is 1.13. The van der Waals surface area contributed by atoms with Gasteiger partial charge in [-0.15, -0.1) is 0 Å². The Labute approximate surface area is 149 Å². The van der Waals surface area contributed by atoms with Crippen LogP contribution >= 0.6 is 27.5 Å². The van der Waals surface area contributed by atoms with Gasteiger partial charge in [0.05, 0.1) is 6.04 Å². The van der Waals surface area contributed by atoms with Crippen LogP contribution in [0.15, 0.2) is 53.0 Å². The minimum Gasteiger partial charge on any atom is -0.484 e. The van der Waals surface area contributed by atoms with Crippen molar-refractivity contribution in [1.29, 1.82) is 0 Å². The maximum Gasteiger partial charge on any atom is 0.261 e. The van der Waals surface area contributed by atoms with Crippen LogP contribution in [0.3, 0.4) is 0 Å². The molecular weight excluding hydrogens is 378 g/mol. The van der Waals surface area contributed by atoms with Gasteiger partial charge in [0.2, 0.25) is 0 Å². The van der Waals surface area contributed by atoms with Crippen LogP contribution in [-0.2, 0) is 4.79 Å². The fourth-order valence-corrected chi connectivity index (χ4v) is 3.25. The number of carbonyl (C=O) groups is 1. The third-order valence-electron chi connectivity index (χ3n) is 4.00. The summed E-state index contributed by atoms with van der Waals surface area (Å²) >= 11 is 9.32. The van der Waals surface area contributed by atoms with E-state index < -0.39 is 0 Å². The molecule has 0 saturated carbocycles. The van der Waals surface area contributed by atoms with Crippen molar-refractivity contribution in [2.24, 2.45) is 0 Å². The van der Waals surface area contributed by atoms with E-state index in [9.17, 15) is 4.79 Å². The molecule has 1 saturated heterocycles. The van der Waals surface area contributed by atoms with Gasteiger partial charge >= 0.3 is 0 Å². The molecule has 0 aliphatic carbocycles. The standard InChI is InChI=1S/C18H17BrClNO2/c19-14-5-9-16(10-6-14)23-12-18(22)21-11-1-2-17(21)13-3-7-15(20)8-4-13/h3-10,17H,1-2,11-12H2/t17-/m1/s1. The molecule has 23 heavy (non-hydrogen) atoms. The van der Waals surface area contributed by atoms with Gasteiger partial charge in [0.15, 0.2) is 6.61 Å². The average molecular weight is 395 g/mol. The molecular formula is C18H17BrClNO2. The van der Waals surface area contributed by atoms with Gasteiger partial charge in [-0.1, -0.05) is 39.7 Å². The Hall–Kier alpha value is -1.52. The van der Waals surface area contributed by atoms with Crippen molar-refractivity contribution in [2.45, 2.75) is 18.9 Å². The smallest absolute Gasteiger partial charge is 0.261 e. The largest absolute Gasteiger partial charge is 0.484 e. The Balaban J connectivity index is 1.63. The first-order chi connectivity index (χ1) is 11.1. The zero-order valence-corrected chi connectivity index (χ0v) is 14.9. The average Bonchev–Trinajstić information content (AvgIpc) is 3.04. The van der Waals surface area contributed by atoms with E-state index in [0.29, 0.717) is 10.8 Å². The molecule has 0 radical (unpaired) electrons. The summed E-state index contributed by atoms with van der Waals surface area (Å²) in [5.74, 6) is 0.717. The van der Waals surface area contributed by atoms with E-state index in [-0.39, 0.29) is 18.6 Å².